The molecule has 3 saturated carbocycles. The molecule has 12 atom stereocenters. The summed E-state index contributed by atoms with van der Waals surface area (Å²) in [5.41, 5.74) is 0.991. The Labute approximate surface area is 223 Å². The van der Waals surface area contributed by atoms with Crippen LogP contribution in [0, 0.1) is 22.7 Å². The van der Waals surface area contributed by atoms with Crippen LogP contribution in [0.4, 0.5) is 0 Å². The van der Waals surface area contributed by atoms with Crippen molar-refractivity contribution in [1.29, 1.82) is 0 Å². The Kier molecular flexibility index (Phi) is 6.49. The molecule has 1 aromatic rings. The van der Waals surface area contributed by atoms with Gasteiger partial charge in [0.15, 0.2) is 6.29 Å². The SMILES string of the molecule is C[C@@H]1O[C@@H](O[C@@H]2C=C3CC[C@@H]4[C@H](CC[C@]5(C)[C@@H](c6ccc(=O)oc6)CC[C@]45O)[C@@]3(C)CC2)[C@H](O)[C@H](O)[C@H]1O. The molecular weight excluding hydrogens is 488 g/mol. The predicted octanol–water partition coefficient (Wildman–Crippen LogP) is 3.01. The number of fused-ring (bicyclic) bond motifs is 5. The lowest BCUT2D eigenvalue weighted by atomic mass is 9.45. The van der Waals surface area contributed by atoms with Gasteiger partial charge >= 0.3 is 5.63 Å². The molecule has 0 unspecified atom stereocenters. The Morgan fingerprint density at radius 1 is 0.947 bits per heavy atom. The lowest BCUT2D eigenvalue weighted by Gasteiger charge is -2.62. The van der Waals surface area contributed by atoms with E-state index in [1.165, 1.54) is 11.6 Å². The van der Waals surface area contributed by atoms with Crippen LogP contribution in [0.25, 0.3) is 0 Å². The van der Waals surface area contributed by atoms with Crippen molar-refractivity contribution in [1.82, 2.24) is 0 Å². The zero-order valence-electron chi connectivity index (χ0n) is 22.6. The minimum atomic E-state index is -1.31. The van der Waals surface area contributed by atoms with E-state index in [2.05, 4.69) is 19.9 Å². The van der Waals surface area contributed by atoms with Crippen LogP contribution in [0.2, 0.25) is 0 Å². The van der Waals surface area contributed by atoms with Crippen LogP contribution in [0.5, 0.6) is 0 Å². The molecule has 8 nitrogen and oxygen atoms in total. The van der Waals surface area contributed by atoms with Crippen LogP contribution in [0.15, 0.2) is 39.3 Å². The Bertz CT molecular complexity index is 1130. The van der Waals surface area contributed by atoms with Gasteiger partial charge in [-0.05, 0) is 93.1 Å². The van der Waals surface area contributed by atoms with E-state index in [-0.39, 0.29) is 34.4 Å². The van der Waals surface area contributed by atoms with Crippen molar-refractivity contribution in [2.75, 3.05) is 0 Å². The zero-order chi connectivity index (χ0) is 27.0. The fraction of sp³-hybridized carbons (Fsp3) is 0.767. The molecule has 4 fully saturated rings. The van der Waals surface area contributed by atoms with Crippen molar-refractivity contribution < 1.29 is 34.3 Å². The first kappa shape index (κ1) is 26.7. The summed E-state index contributed by atoms with van der Waals surface area (Å²) in [6, 6.07) is 3.36. The molecule has 0 radical (unpaired) electrons. The molecule has 0 spiro atoms. The first-order valence-electron chi connectivity index (χ1n) is 14.4. The molecule has 38 heavy (non-hydrogen) atoms. The van der Waals surface area contributed by atoms with Gasteiger partial charge in [-0.15, -0.1) is 0 Å². The minimum Gasteiger partial charge on any atom is -0.431 e. The second kappa shape index (κ2) is 9.25. The topological polar surface area (TPSA) is 130 Å². The van der Waals surface area contributed by atoms with Crippen LogP contribution < -0.4 is 5.63 Å². The first-order chi connectivity index (χ1) is 18.0. The highest BCUT2D eigenvalue weighted by molar-refractivity contribution is 5.31. The van der Waals surface area contributed by atoms with Crippen LogP contribution in [0.3, 0.4) is 0 Å². The van der Waals surface area contributed by atoms with Crippen LogP contribution in [-0.4, -0.2) is 62.8 Å². The molecular formula is C30H42O8. The maximum Gasteiger partial charge on any atom is 0.335 e. The van der Waals surface area contributed by atoms with Crippen molar-refractivity contribution >= 4 is 0 Å². The second-order valence-electron chi connectivity index (χ2n) is 13.1. The molecule has 2 heterocycles. The molecule has 6 rings (SSSR count). The third-order valence-corrected chi connectivity index (χ3v) is 11.5. The van der Waals surface area contributed by atoms with Crippen LogP contribution >= 0.6 is 0 Å². The maximum atomic E-state index is 12.4. The quantitative estimate of drug-likeness (QED) is 0.439. The van der Waals surface area contributed by atoms with E-state index in [0.717, 1.165) is 56.9 Å². The number of aliphatic hydroxyl groups is 4. The number of ether oxygens (including phenoxy) is 2. The number of hydrogen-bond donors (Lipinski definition) is 4. The fourth-order valence-electron chi connectivity index (χ4n) is 9.17. The minimum absolute atomic E-state index is 0.0213. The normalized spacial score (nSPS) is 50.5. The highest BCUT2D eigenvalue weighted by atomic mass is 16.7. The van der Waals surface area contributed by atoms with Crippen molar-refractivity contribution in [2.45, 2.75) is 120 Å². The van der Waals surface area contributed by atoms with Crippen molar-refractivity contribution in [2.24, 2.45) is 22.7 Å². The summed E-state index contributed by atoms with van der Waals surface area (Å²) in [6.45, 7) is 6.26. The van der Waals surface area contributed by atoms with Gasteiger partial charge in [0.25, 0.3) is 0 Å². The molecule has 4 aliphatic carbocycles. The Morgan fingerprint density at radius 2 is 1.74 bits per heavy atom. The third-order valence-electron chi connectivity index (χ3n) is 11.5. The van der Waals surface area contributed by atoms with Crippen molar-refractivity contribution in [3.63, 3.8) is 0 Å². The van der Waals surface area contributed by atoms with E-state index in [0.29, 0.717) is 5.92 Å². The molecule has 1 aliphatic heterocycles. The number of aliphatic hydroxyl groups excluding tert-OH is 3. The summed E-state index contributed by atoms with van der Waals surface area (Å²) in [4.78, 5) is 11.5. The second-order valence-corrected chi connectivity index (χ2v) is 13.1. The zero-order valence-corrected chi connectivity index (χ0v) is 22.6. The van der Waals surface area contributed by atoms with Gasteiger partial charge in [0.1, 0.15) is 18.3 Å². The monoisotopic (exact) mass is 530 g/mol. The standard InChI is InChI=1S/C30H42O8/c1-16-24(32)25(33)26(34)27(37-16)38-19-8-11-28(2)18(14-19)5-6-22-21(28)9-12-29(3)20(10-13-30(22,29)35)17-4-7-23(31)36-15-17/h4,7,14-16,19-22,24-27,32-35H,5-6,8-13H2,1-3H3/t16-,19-,20+,21-,22+,24-,25+,26+,27-,28-,29+,30-/m0/s1. The molecule has 0 amide bonds. The highest BCUT2D eigenvalue weighted by Crippen LogP contribution is 2.70. The maximum absolute atomic E-state index is 12.4. The van der Waals surface area contributed by atoms with Crippen molar-refractivity contribution in [3.8, 4) is 0 Å². The molecule has 1 saturated heterocycles. The van der Waals surface area contributed by atoms with Crippen LogP contribution in [0.1, 0.15) is 83.6 Å². The summed E-state index contributed by atoms with van der Waals surface area (Å²) in [5, 5.41) is 43.0. The summed E-state index contributed by atoms with van der Waals surface area (Å²) in [5.74, 6) is 0.759. The van der Waals surface area contributed by atoms with E-state index >= 15 is 0 Å². The van der Waals surface area contributed by atoms with Gasteiger partial charge in [-0.2, -0.15) is 0 Å². The summed E-state index contributed by atoms with van der Waals surface area (Å²) in [6.07, 6.45) is 5.32. The van der Waals surface area contributed by atoms with Gasteiger partial charge in [0.2, 0.25) is 0 Å². The van der Waals surface area contributed by atoms with E-state index in [9.17, 15) is 25.2 Å². The lowest BCUT2D eigenvalue weighted by molar-refractivity contribution is -0.301. The van der Waals surface area contributed by atoms with Crippen molar-refractivity contribution in [3.05, 3.63) is 46.0 Å². The molecule has 0 bridgehead atoms. The smallest absolute Gasteiger partial charge is 0.335 e. The van der Waals surface area contributed by atoms with E-state index < -0.39 is 36.3 Å². The molecule has 1 aromatic heterocycles. The number of hydrogen-bond acceptors (Lipinski definition) is 8. The van der Waals surface area contributed by atoms with Crippen LogP contribution in [-0.2, 0) is 9.47 Å². The molecule has 0 aromatic carbocycles. The summed E-state index contributed by atoms with van der Waals surface area (Å²) in [7, 11) is 0. The summed E-state index contributed by atoms with van der Waals surface area (Å²) < 4.78 is 17.0. The van der Waals surface area contributed by atoms with Gasteiger partial charge in [-0.1, -0.05) is 25.5 Å². The molecule has 8 heteroatoms. The predicted molar refractivity (Wildman–Crippen MR) is 138 cm³/mol. The fourth-order valence-corrected chi connectivity index (χ4v) is 9.17. The van der Waals surface area contributed by atoms with Gasteiger partial charge < -0.3 is 34.3 Å². The number of rotatable bonds is 3. The average Bonchev–Trinajstić information content (AvgIpc) is 3.18. The van der Waals surface area contributed by atoms with E-state index in [1.807, 2.05) is 6.07 Å². The van der Waals surface area contributed by atoms with E-state index in [4.69, 9.17) is 13.9 Å². The van der Waals surface area contributed by atoms with E-state index in [1.54, 1.807) is 13.2 Å². The van der Waals surface area contributed by atoms with Gasteiger partial charge in [-0.3, -0.25) is 0 Å². The lowest BCUT2D eigenvalue weighted by Crippen LogP contribution is -2.60. The first-order valence-corrected chi connectivity index (χ1v) is 14.4. The summed E-state index contributed by atoms with van der Waals surface area (Å²) >= 11 is 0. The number of allylic oxidation sites excluding steroid dienone is 1. The third kappa shape index (κ3) is 3.82. The Balaban J connectivity index is 1.21. The van der Waals surface area contributed by atoms with Gasteiger partial charge in [-0.25, -0.2) is 4.79 Å². The molecule has 5 aliphatic rings. The average molecular weight is 531 g/mol. The molecule has 210 valence electrons. The molecule has 4 N–H and O–H groups in total. The van der Waals surface area contributed by atoms with Gasteiger partial charge in [0, 0.05) is 11.5 Å². The van der Waals surface area contributed by atoms with Gasteiger partial charge in [0.05, 0.1) is 24.1 Å². The highest BCUT2D eigenvalue weighted by Gasteiger charge is 2.66. The Hall–Kier alpha value is -1.55. The largest absolute Gasteiger partial charge is 0.431 e. The Morgan fingerprint density at radius 3 is 2.47 bits per heavy atom.